The maximum absolute atomic E-state index is 12.8. The summed E-state index contributed by atoms with van der Waals surface area (Å²) < 4.78 is 19.6. The van der Waals surface area contributed by atoms with Crippen LogP contribution in [0.25, 0.3) is 10.2 Å². The SMILES string of the molecule is CCCCCOc1ccc(C(=O)N=c2sc3cc(OCC)ccc3n2CCOC)cc1. The highest BCUT2D eigenvalue weighted by Gasteiger charge is 2.11. The van der Waals surface area contributed by atoms with Crippen LogP contribution < -0.4 is 14.3 Å². The molecule has 1 heterocycles. The number of unbranched alkanes of at least 4 members (excludes halogenated alkanes) is 2. The monoisotopic (exact) mass is 442 g/mol. The smallest absolute Gasteiger partial charge is 0.279 e. The molecule has 1 amide bonds. The van der Waals surface area contributed by atoms with Gasteiger partial charge < -0.3 is 18.8 Å². The summed E-state index contributed by atoms with van der Waals surface area (Å²) in [5, 5.41) is 0. The van der Waals surface area contributed by atoms with Crippen molar-refractivity contribution >= 4 is 27.5 Å². The highest BCUT2D eigenvalue weighted by atomic mass is 32.1. The summed E-state index contributed by atoms with van der Waals surface area (Å²) in [4.78, 5) is 17.9. The van der Waals surface area contributed by atoms with Crippen molar-refractivity contribution in [3.63, 3.8) is 0 Å². The molecule has 166 valence electrons. The van der Waals surface area contributed by atoms with Crippen molar-refractivity contribution in [2.75, 3.05) is 26.9 Å². The van der Waals surface area contributed by atoms with Crippen molar-refractivity contribution in [2.24, 2.45) is 4.99 Å². The number of aromatic nitrogens is 1. The fourth-order valence-electron chi connectivity index (χ4n) is 3.18. The van der Waals surface area contributed by atoms with Gasteiger partial charge in [0.15, 0.2) is 4.80 Å². The Hall–Kier alpha value is -2.64. The van der Waals surface area contributed by atoms with Gasteiger partial charge >= 0.3 is 0 Å². The summed E-state index contributed by atoms with van der Waals surface area (Å²) in [5.41, 5.74) is 1.54. The van der Waals surface area contributed by atoms with Gasteiger partial charge in [0.1, 0.15) is 11.5 Å². The Morgan fingerprint density at radius 2 is 1.77 bits per heavy atom. The number of hydrogen-bond acceptors (Lipinski definition) is 5. The minimum Gasteiger partial charge on any atom is -0.494 e. The van der Waals surface area contributed by atoms with Gasteiger partial charge in [0.05, 0.1) is 30.0 Å². The number of ether oxygens (including phenoxy) is 3. The van der Waals surface area contributed by atoms with E-state index in [9.17, 15) is 4.79 Å². The largest absolute Gasteiger partial charge is 0.494 e. The third kappa shape index (κ3) is 6.18. The molecule has 0 saturated heterocycles. The predicted molar refractivity (Wildman–Crippen MR) is 124 cm³/mol. The molecular formula is C24H30N2O4S. The number of thiazole rings is 1. The molecule has 0 radical (unpaired) electrons. The van der Waals surface area contributed by atoms with Crippen LogP contribution in [0.2, 0.25) is 0 Å². The average molecular weight is 443 g/mol. The molecule has 6 nitrogen and oxygen atoms in total. The van der Waals surface area contributed by atoms with Crippen molar-refractivity contribution < 1.29 is 19.0 Å². The van der Waals surface area contributed by atoms with Crippen LogP contribution in [-0.2, 0) is 11.3 Å². The Balaban J connectivity index is 1.85. The number of nitrogens with zero attached hydrogens (tertiary/aromatic N) is 2. The van der Waals surface area contributed by atoms with Crippen LogP contribution in [-0.4, -0.2) is 37.4 Å². The fourth-order valence-corrected chi connectivity index (χ4v) is 4.26. The van der Waals surface area contributed by atoms with Crippen molar-refractivity contribution in [1.29, 1.82) is 0 Å². The van der Waals surface area contributed by atoms with Crippen LogP contribution in [0.1, 0.15) is 43.5 Å². The molecule has 0 aliphatic rings. The second-order valence-corrected chi connectivity index (χ2v) is 8.10. The zero-order chi connectivity index (χ0) is 22.1. The maximum Gasteiger partial charge on any atom is 0.279 e. The van der Waals surface area contributed by atoms with E-state index in [4.69, 9.17) is 14.2 Å². The van der Waals surface area contributed by atoms with Gasteiger partial charge in [-0.3, -0.25) is 4.79 Å². The highest BCUT2D eigenvalue weighted by molar-refractivity contribution is 7.16. The number of benzene rings is 2. The maximum atomic E-state index is 12.8. The molecule has 0 aliphatic heterocycles. The van der Waals surface area contributed by atoms with E-state index in [1.54, 1.807) is 19.2 Å². The van der Waals surface area contributed by atoms with Gasteiger partial charge in [0.2, 0.25) is 0 Å². The zero-order valence-corrected chi connectivity index (χ0v) is 19.2. The van der Waals surface area contributed by atoms with Crippen molar-refractivity contribution in [2.45, 2.75) is 39.7 Å². The van der Waals surface area contributed by atoms with Crippen LogP contribution in [0.3, 0.4) is 0 Å². The number of rotatable bonds is 11. The molecule has 0 bridgehead atoms. The first-order valence-corrected chi connectivity index (χ1v) is 11.5. The van der Waals surface area contributed by atoms with Crippen molar-refractivity contribution in [3.05, 3.63) is 52.8 Å². The second kappa shape index (κ2) is 11.7. The van der Waals surface area contributed by atoms with Gasteiger partial charge in [0.25, 0.3) is 5.91 Å². The molecular weight excluding hydrogens is 412 g/mol. The first-order valence-electron chi connectivity index (χ1n) is 10.7. The molecule has 31 heavy (non-hydrogen) atoms. The minimum atomic E-state index is -0.278. The summed E-state index contributed by atoms with van der Waals surface area (Å²) in [5.74, 6) is 1.30. The van der Waals surface area contributed by atoms with Gasteiger partial charge in [0, 0.05) is 19.2 Å². The first kappa shape index (κ1) is 23.0. The first-order chi connectivity index (χ1) is 15.2. The Bertz CT molecular complexity index is 1050. The Morgan fingerprint density at radius 3 is 2.48 bits per heavy atom. The molecule has 0 atom stereocenters. The molecule has 0 N–H and O–H groups in total. The zero-order valence-electron chi connectivity index (χ0n) is 18.4. The van der Waals surface area contributed by atoms with Crippen LogP contribution in [0.15, 0.2) is 47.5 Å². The lowest BCUT2D eigenvalue weighted by Gasteiger charge is -2.06. The van der Waals surface area contributed by atoms with Crippen LogP contribution in [0, 0.1) is 0 Å². The topological polar surface area (TPSA) is 62.0 Å². The number of amides is 1. The number of carbonyl (C=O) groups excluding carboxylic acids is 1. The van der Waals surface area contributed by atoms with E-state index >= 15 is 0 Å². The summed E-state index contributed by atoms with van der Waals surface area (Å²) in [6, 6.07) is 13.1. The molecule has 0 saturated carbocycles. The summed E-state index contributed by atoms with van der Waals surface area (Å²) in [7, 11) is 1.66. The van der Waals surface area contributed by atoms with Crippen molar-refractivity contribution in [1.82, 2.24) is 4.57 Å². The van der Waals surface area contributed by atoms with E-state index in [0.29, 0.717) is 36.7 Å². The van der Waals surface area contributed by atoms with E-state index < -0.39 is 0 Å². The number of carbonyl (C=O) groups is 1. The van der Waals surface area contributed by atoms with Crippen LogP contribution in [0.4, 0.5) is 0 Å². The van der Waals surface area contributed by atoms with E-state index in [-0.39, 0.29) is 5.91 Å². The molecule has 0 fully saturated rings. The molecule has 0 unspecified atom stereocenters. The lowest BCUT2D eigenvalue weighted by Crippen LogP contribution is -2.19. The third-order valence-corrected chi connectivity index (χ3v) is 5.84. The normalized spacial score (nSPS) is 11.8. The quantitative estimate of drug-likeness (QED) is 0.390. The van der Waals surface area contributed by atoms with Gasteiger partial charge in [-0.2, -0.15) is 4.99 Å². The summed E-state index contributed by atoms with van der Waals surface area (Å²) >= 11 is 1.47. The lowest BCUT2D eigenvalue weighted by molar-refractivity contribution is 0.0997. The van der Waals surface area contributed by atoms with E-state index in [1.165, 1.54) is 11.3 Å². The standard InChI is InChI=1S/C24H30N2O4S/c1-4-6-7-15-30-19-10-8-18(9-11-19)23(27)25-24-26(14-16-28-3)21-13-12-20(29-5-2)17-22(21)31-24/h8-13,17H,4-7,14-16H2,1-3H3. The predicted octanol–water partition coefficient (Wildman–Crippen LogP) is 5.06. The Labute approximate surface area is 187 Å². The van der Waals surface area contributed by atoms with Crippen LogP contribution >= 0.6 is 11.3 Å². The Kier molecular flexibility index (Phi) is 8.67. The van der Waals surface area contributed by atoms with Crippen molar-refractivity contribution in [3.8, 4) is 11.5 Å². The lowest BCUT2D eigenvalue weighted by atomic mass is 10.2. The number of fused-ring (bicyclic) bond motifs is 1. The molecule has 0 aliphatic carbocycles. The minimum absolute atomic E-state index is 0.278. The molecule has 1 aromatic heterocycles. The average Bonchev–Trinajstić information content (AvgIpc) is 3.12. The van der Waals surface area contributed by atoms with Gasteiger partial charge in [-0.15, -0.1) is 0 Å². The fraction of sp³-hybridized carbons (Fsp3) is 0.417. The Morgan fingerprint density at radius 1 is 1.00 bits per heavy atom. The second-order valence-electron chi connectivity index (χ2n) is 7.09. The van der Waals surface area contributed by atoms with Gasteiger partial charge in [-0.1, -0.05) is 31.1 Å². The van der Waals surface area contributed by atoms with Crippen LogP contribution in [0.5, 0.6) is 11.5 Å². The number of hydrogen-bond donors (Lipinski definition) is 0. The molecule has 3 aromatic rings. The van der Waals surface area contributed by atoms with Gasteiger partial charge in [-0.05, 0) is 55.8 Å². The summed E-state index contributed by atoms with van der Waals surface area (Å²) in [6.45, 7) is 6.56. The molecule has 7 heteroatoms. The molecule has 2 aromatic carbocycles. The molecule has 3 rings (SSSR count). The van der Waals surface area contributed by atoms with Gasteiger partial charge in [-0.25, -0.2) is 0 Å². The highest BCUT2D eigenvalue weighted by Crippen LogP contribution is 2.23. The van der Waals surface area contributed by atoms with E-state index in [1.807, 2.05) is 41.8 Å². The summed E-state index contributed by atoms with van der Waals surface area (Å²) in [6.07, 6.45) is 3.35. The van der Waals surface area contributed by atoms with E-state index in [2.05, 4.69) is 11.9 Å². The van der Waals surface area contributed by atoms with E-state index in [0.717, 1.165) is 41.0 Å². The number of methoxy groups -OCH3 is 1. The third-order valence-electron chi connectivity index (χ3n) is 4.80. The molecule has 0 spiro atoms.